The van der Waals surface area contributed by atoms with Crippen molar-refractivity contribution in [1.82, 2.24) is 15.2 Å². The van der Waals surface area contributed by atoms with Gasteiger partial charge >= 0.3 is 6.03 Å². The van der Waals surface area contributed by atoms with Gasteiger partial charge in [-0.05, 0) is 35.1 Å². The van der Waals surface area contributed by atoms with Crippen LogP contribution in [0.2, 0.25) is 0 Å². The van der Waals surface area contributed by atoms with Crippen LogP contribution >= 0.6 is 11.3 Å². The highest BCUT2D eigenvalue weighted by Gasteiger charge is 2.02. The number of hydrogen-bond acceptors (Lipinski definition) is 3. The van der Waals surface area contributed by atoms with Gasteiger partial charge in [0.25, 0.3) is 5.56 Å². The third kappa shape index (κ3) is 5.32. The van der Waals surface area contributed by atoms with E-state index in [0.717, 1.165) is 17.5 Å². The van der Waals surface area contributed by atoms with Gasteiger partial charge in [-0.25, -0.2) is 4.79 Å². The SMILES string of the molecule is O=C(NCCc1cccs1)NCc1ccc(Cn2ccccc2=O)cc1. The number of carbonyl (C=O) groups excluding carboxylic acids is 1. The van der Waals surface area contributed by atoms with Gasteiger partial charge in [-0.2, -0.15) is 0 Å². The predicted molar refractivity (Wildman–Crippen MR) is 105 cm³/mol. The lowest BCUT2D eigenvalue weighted by Gasteiger charge is -2.09. The van der Waals surface area contributed by atoms with Crippen LogP contribution in [0, 0.1) is 0 Å². The molecule has 0 spiro atoms. The molecular formula is C20H21N3O2S. The van der Waals surface area contributed by atoms with Crippen molar-refractivity contribution in [2.75, 3.05) is 6.54 Å². The van der Waals surface area contributed by atoms with E-state index in [1.54, 1.807) is 34.2 Å². The van der Waals surface area contributed by atoms with Crippen molar-refractivity contribution in [2.24, 2.45) is 0 Å². The molecule has 0 radical (unpaired) electrons. The zero-order valence-electron chi connectivity index (χ0n) is 14.4. The smallest absolute Gasteiger partial charge is 0.315 e. The monoisotopic (exact) mass is 367 g/mol. The number of aromatic nitrogens is 1. The van der Waals surface area contributed by atoms with Gasteiger partial charge in [-0.3, -0.25) is 4.79 Å². The molecule has 3 rings (SSSR count). The second-order valence-electron chi connectivity index (χ2n) is 5.92. The Labute approximate surface area is 156 Å². The molecule has 0 fully saturated rings. The number of nitrogens with one attached hydrogen (secondary N) is 2. The molecule has 0 atom stereocenters. The number of urea groups is 1. The van der Waals surface area contributed by atoms with Gasteiger partial charge in [0, 0.05) is 30.2 Å². The molecule has 1 aromatic carbocycles. The molecule has 0 aliphatic carbocycles. The fourth-order valence-electron chi connectivity index (χ4n) is 2.55. The molecule has 2 heterocycles. The standard InChI is InChI=1S/C20H21N3O2S/c24-19-5-1-2-12-23(19)15-17-8-6-16(7-9-17)14-22-20(25)21-11-10-18-4-3-13-26-18/h1-9,12-13H,10-11,14-15H2,(H2,21,22,25). The van der Waals surface area contributed by atoms with Gasteiger partial charge in [0.1, 0.15) is 0 Å². The molecule has 26 heavy (non-hydrogen) atoms. The van der Waals surface area contributed by atoms with E-state index in [0.29, 0.717) is 19.6 Å². The molecule has 2 aromatic heterocycles. The number of pyridine rings is 1. The first-order valence-corrected chi connectivity index (χ1v) is 9.36. The molecule has 134 valence electrons. The summed E-state index contributed by atoms with van der Waals surface area (Å²) in [5.74, 6) is 0. The van der Waals surface area contributed by atoms with Gasteiger partial charge in [-0.1, -0.05) is 36.4 Å². The van der Waals surface area contributed by atoms with Crippen LogP contribution < -0.4 is 16.2 Å². The molecule has 6 heteroatoms. The van der Waals surface area contributed by atoms with Crippen LogP contribution in [0.3, 0.4) is 0 Å². The summed E-state index contributed by atoms with van der Waals surface area (Å²) in [6.45, 7) is 1.63. The molecule has 0 unspecified atom stereocenters. The maximum atomic E-state index is 11.8. The second kappa shape index (κ2) is 9.01. The topological polar surface area (TPSA) is 63.1 Å². The lowest BCUT2D eigenvalue weighted by molar-refractivity contribution is 0.240. The van der Waals surface area contributed by atoms with Crippen LogP contribution in [0.15, 0.2) is 71.0 Å². The Hall–Kier alpha value is -2.86. The van der Waals surface area contributed by atoms with Crippen molar-refractivity contribution in [3.63, 3.8) is 0 Å². The number of benzene rings is 1. The maximum absolute atomic E-state index is 11.8. The molecule has 0 aliphatic rings. The second-order valence-corrected chi connectivity index (χ2v) is 6.95. The highest BCUT2D eigenvalue weighted by atomic mass is 32.1. The highest BCUT2D eigenvalue weighted by molar-refractivity contribution is 7.09. The Kier molecular flexibility index (Phi) is 6.22. The predicted octanol–water partition coefficient (Wildman–Crippen LogP) is 3.00. The molecule has 5 nitrogen and oxygen atoms in total. The molecule has 0 saturated carbocycles. The summed E-state index contributed by atoms with van der Waals surface area (Å²) < 4.78 is 1.66. The summed E-state index contributed by atoms with van der Waals surface area (Å²) in [6, 6.07) is 16.9. The molecule has 2 N–H and O–H groups in total. The molecule has 2 amide bonds. The number of hydrogen-bond donors (Lipinski definition) is 2. The molecular weight excluding hydrogens is 346 g/mol. The molecule has 0 aliphatic heterocycles. The van der Waals surface area contributed by atoms with Gasteiger partial charge < -0.3 is 15.2 Å². The number of nitrogens with zero attached hydrogens (tertiary/aromatic N) is 1. The number of amides is 2. The normalized spacial score (nSPS) is 10.5. The Bertz CT molecular complexity index is 886. The van der Waals surface area contributed by atoms with E-state index in [4.69, 9.17) is 0 Å². The van der Waals surface area contributed by atoms with E-state index in [-0.39, 0.29) is 11.6 Å². The molecule has 3 aromatic rings. The Morgan fingerprint density at radius 3 is 2.50 bits per heavy atom. The minimum Gasteiger partial charge on any atom is -0.338 e. The van der Waals surface area contributed by atoms with Crippen molar-refractivity contribution < 1.29 is 4.79 Å². The third-order valence-corrected chi connectivity index (χ3v) is 4.90. The average molecular weight is 367 g/mol. The van der Waals surface area contributed by atoms with Crippen LogP contribution in [0.5, 0.6) is 0 Å². The fraction of sp³-hybridized carbons (Fsp3) is 0.200. The van der Waals surface area contributed by atoms with Crippen molar-refractivity contribution >= 4 is 17.4 Å². The molecule has 0 saturated heterocycles. The summed E-state index contributed by atoms with van der Waals surface area (Å²) in [7, 11) is 0. The van der Waals surface area contributed by atoms with Crippen molar-refractivity contribution in [2.45, 2.75) is 19.5 Å². The number of rotatable bonds is 7. The van der Waals surface area contributed by atoms with E-state index in [1.807, 2.05) is 41.8 Å². The minimum absolute atomic E-state index is 0.0162. The van der Waals surface area contributed by atoms with Gasteiger partial charge in [0.2, 0.25) is 0 Å². The fourth-order valence-corrected chi connectivity index (χ4v) is 3.26. The van der Waals surface area contributed by atoms with E-state index in [9.17, 15) is 9.59 Å². The van der Waals surface area contributed by atoms with Crippen LogP contribution in [-0.4, -0.2) is 17.1 Å². The Balaban J connectivity index is 1.43. The Morgan fingerprint density at radius 2 is 1.77 bits per heavy atom. The van der Waals surface area contributed by atoms with Crippen molar-refractivity contribution in [1.29, 1.82) is 0 Å². The van der Waals surface area contributed by atoms with Gasteiger partial charge in [0.05, 0.1) is 6.54 Å². The zero-order valence-corrected chi connectivity index (χ0v) is 15.2. The lowest BCUT2D eigenvalue weighted by atomic mass is 10.1. The lowest BCUT2D eigenvalue weighted by Crippen LogP contribution is -2.36. The van der Waals surface area contributed by atoms with Crippen molar-refractivity contribution in [3.8, 4) is 0 Å². The molecule has 0 bridgehead atoms. The maximum Gasteiger partial charge on any atom is 0.315 e. The highest BCUT2D eigenvalue weighted by Crippen LogP contribution is 2.08. The summed E-state index contributed by atoms with van der Waals surface area (Å²) in [6.07, 6.45) is 2.62. The summed E-state index contributed by atoms with van der Waals surface area (Å²) in [4.78, 5) is 24.8. The van der Waals surface area contributed by atoms with Crippen LogP contribution in [0.25, 0.3) is 0 Å². The largest absolute Gasteiger partial charge is 0.338 e. The van der Waals surface area contributed by atoms with Crippen LogP contribution in [0.4, 0.5) is 4.79 Å². The van der Waals surface area contributed by atoms with Crippen LogP contribution in [0.1, 0.15) is 16.0 Å². The first kappa shape index (κ1) is 17.9. The van der Waals surface area contributed by atoms with E-state index in [2.05, 4.69) is 16.7 Å². The minimum atomic E-state index is -0.165. The Morgan fingerprint density at radius 1 is 0.962 bits per heavy atom. The first-order valence-electron chi connectivity index (χ1n) is 8.48. The van der Waals surface area contributed by atoms with Crippen molar-refractivity contribution in [3.05, 3.63) is 92.5 Å². The zero-order chi connectivity index (χ0) is 18.2. The first-order chi connectivity index (χ1) is 12.7. The number of carbonyl (C=O) groups is 1. The van der Waals surface area contributed by atoms with Crippen LogP contribution in [-0.2, 0) is 19.5 Å². The summed E-state index contributed by atoms with van der Waals surface area (Å²) >= 11 is 1.69. The van der Waals surface area contributed by atoms with Gasteiger partial charge in [0.15, 0.2) is 0 Å². The van der Waals surface area contributed by atoms with E-state index in [1.165, 1.54) is 4.88 Å². The third-order valence-electron chi connectivity index (χ3n) is 3.97. The quantitative estimate of drug-likeness (QED) is 0.674. The number of thiophene rings is 1. The van der Waals surface area contributed by atoms with E-state index < -0.39 is 0 Å². The average Bonchev–Trinajstić information content (AvgIpc) is 3.16. The summed E-state index contributed by atoms with van der Waals surface area (Å²) in [5, 5.41) is 7.75. The van der Waals surface area contributed by atoms with E-state index >= 15 is 0 Å². The summed E-state index contributed by atoms with van der Waals surface area (Å²) in [5.41, 5.74) is 2.04. The van der Waals surface area contributed by atoms with Gasteiger partial charge in [-0.15, -0.1) is 11.3 Å².